The molecule has 0 aromatic heterocycles. The van der Waals surface area contributed by atoms with Gasteiger partial charge in [-0.1, -0.05) is 6.92 Å². The molecule has 1 saturated heterocycles. The molecule has 1 aliphatic heterocycles. The van der Waals surface area contributed by atoms with Crippen molar-refractivity contribution in [1.29, 1.82) is 0 Å². The maximum absolute atomic E-state index is 9.31. The van der Waals surface area contributed by atoms with Crippen molar-refractivity contribution in [3.05, 3.63) is 0 Å². The first-order valence-electron chi connectivity index (χ1n) is 4.34. The van der Waals surface area contributed by atoms with E-state index in [9.17, 15) is 5.11 Å². The Bertz CT molecular complexity index is 111. The standard InChI is InChI=1S/C8H18N2O/c1-6(7(2)11)8-5-9-3-4-10-8/h6-11H,3-5H2,1-2H3. The summed E-state index contributed by atoms with van der Waals surface area (Å²) in [5.41, 5.74) is 0. The predicted molar refractivity (Wildman–Crippen MR) is 45.5 cm³/mol. The molecule has 1 aliphatic rings. The molecule has 0 amide bonds. The number of rotatable bonds is 2. The van der Waals surface area contributed by atoms with Gasteiger partial charge < -0.3 is 15.7 Å². The third-order valence-corrected chi connectivity index (χ3v) is 2.47. The molecular formula is C8H18N2O. The van der Waals surface area contributed by atoms with Crippen LogP contribution in [0.1, 0.15) is 13.8 Å². The molecule has 1 rings (SSSR count). The van der Waals surface area contributed by atoms with Gasteiger partial charge in [-0.2, -0.15) is 0 Å². The summed E-state index contributed by atoms with van der Waals surface area (Å²) in [5.74, 6) is 0.336. The van der Waals surface area contributed by atoms with Gasteiger partial charge in [0.25, 0.3) is 0 Å². The van der Waals surface area contributed by atoms with Crippen molar-refractivity contribution < 1.29 is 5.11 Å². The number of nitrogens with one attached hydrogen (secondary N) is 2. The predicted octanol–water partition coefficient (Wildman–Crippen LogP) is -0.435. The summed E-state index contributed by atoms with van der Waals surface area (Å²) in [5, 5.41) is 16.0. The lowest BCUT2D eigenvalue weighted by Gasteiger charge is -2.31. The zero-order valence-electron chi connectivity index (χ0n) is 7.30. The van der Waals surface area contributed by atoms with Crippen molar-refractivity contribution in [2.45, 2.75) is 26.0 Å². The Morgan fingerprint density at radius 1 is 1.36 bits per heavy atom. The van der Waals surface area contributed by atoms with Gasteiger partial charge >= 0.3 is 0 Å². The normalized spacial score (nSPS) is 31.4. The molecule has 3 N–H and O–H groups in total. The summed E-state index contributed by atoms with van der Waals surface area (Å²) in [6, 6.07) is 0.434. The van der Waals surface area contributed by atoms with E-state index in [1.165, 1.54) is 0 Å². The molecule has 1 heterocycles. The summed E-state index contributed by atoms with van der Waals surface area (Å²) in [6.45, 7) is 6.97. The summed E-state index contributed by atoms with van der Waals surface area (Å²) in [6.07, 6.45) is -0.215. The molecule has 0 aromatic rings. The van der Waals surface area contributed by atoms with E-state index in [4.69, 9.17) is 0 Å². The second-order valence-electron chi connectivity index (χ2n) is 3.36. The monoisotopic (exact) mass is 158 g/mol. The fourth-order valence-electron chi connectivity index (χ4n) is 1.38. The molecule has 0 saturated carbocycles. The lowest BCUT2D eigenvalue weighted by atomic mass is 9.96. The molecule has 3 nitrogen and oxygen atoms in total. The summed E-state index contributed by atoms with van der Waals surface area (Å²) < 4.78 is 0. The van der Waals surface area contributed by atoms with E-state index in [-0.39, 0.29) is 6.10 Å². The Hall–Kier alpha value is -0.120. The minimum atomic E-state index is -0.215. The third-order valence-electron chi connectivity index (χ3n) is 2.47. The Labute approximate surface area is 68.2 Å². The maximum atomic E-state index is 9.31. The molecule has 3 atom stereocenters. The molecule has 3 unspecified atom stereocenters. The van der Waals surface area contributed by atoms with Crippen LogP contribution in [0.5, 0.6) is 0 Å². The average Bonchev–Trinajstić information content (AvgIpc) is 2.05. The maximum Gasteiger partial charge on any atom is 0.0552 e. The van der Waals surface area contributed by atoms with Crippen LogP contribution in [0.2, 0.25) is 0 Å². The van der Waals surface area contributed by atoms with E-state index < -0.39 is 0 Å². The minimum Gasteiger partial charge on any atom is -0.393 e. The number of piperazine rings is 1. The lowest BCUT2D eigenvalue weighted by Crippen LogP contribution is -2.53. The first-order chi connectivity index (χ1) is 5.22. The van der Waals surface area contributed by atoms with E-state index in [0.29, 0.717) is 12.0 Å². The molecule has 0 aliphatic carbocycles. The lowest BCUT2D eigenvalue weighted by molar-refractivity contribution is 0.106. The Kier molecular flexibility index (Phi) is 3.30. The molecular weight excluding hydrogens is 140 g/mol. The van der Waals surface area contributed by atoms with Gasteiger partial charge in [-0.15, -0.1) is 0 Å². The second-order valence-corrected chi connectivity index (χ2v) is 3.36. The third kappa shape index (κ3) is 2.43. The zero-order valence-corrected chi connectivity index (χ0v) is 7.30. The Morgan fingerprint density at radius 2 is 2.09 bits per heavy atom. The highest BCUT2D eigenvalue weighted by atomic mass is 16.3. The van der Waals surface area contributed by atoms with E-state index in [0.717, 1.165) is 19.6 Å². The first-order valence-corrected chi connectivity index (χ1v) is 4.34. The minimum absolute atomic E-state index is 0.215. The molecule has 0 radical (unpaired) electrons. The van der Waals surface area contributed by atoms with Crippen LogP contribution in [0.15, 0.2) is 0 Å². The van der Waals surface area contributed by atoms with Gasteiger partial charge in [-0.25, -0.2) is 0 Å². The van der Waals surface area contributed by atoms with Gasteiger partial charge in [0.2, 0.25) is 0 Å². The number of aliphatic hydroxyl groups excluding tert-OH is 1. The Morgan fingerprint density at radius 3 is 2.55 bits per heavy atom. The van der Waals surface area contributed by atoms with Gasteiger partial charge in [0, 0.05) is 25.7 Å². The number of aliphatic hydroxyl groups is 1. The van der Waals surface area contributed by atoms with Crippen LogP contribution < -0.4 is 10.6 Å². The van der Waals surface area contributed by atoms with Gasteiger partial charge in [0.15, 0.2) is 0 Å². The van der Waals surface area contributed by atoms with Crippen LogP contribution in [0, 0.1) is 5.92 Å². The smallest absolute Gasteiger partial charge is 0.0552 e. The summed E-state index contributed by atoms with van der Waals surface area (Å²) in [4.78, 5) is 0. The van der Waals surface area contributed by atoms with Crippen molar-refractivity contribution in [2.75, 3.05) is 19.6 Å². The van der Waals surface area contributed by atoms with E-state index in [1.54, 1.807) is 0 Å². The molecule has 0 spiro atoms. The summed E-state index contributed by atoms with van der Waals surface area (Å²) >= 11 is 0. The fourth-order valence-corrected chi connectivity index (χ4v) is 1.38. The number of hydrogen-bond acceptors (Lipinski definition) is 3. The SMILES string of the molecule is CC(O)C(C)C1CNCCN1. The molecule has 66 valence electrons. The van der Waals surface area contributed by atoms with Crippen molar-refractivity contribution in [3.63, 3.8) is 0 Å². The topological polar surface area (TPSA) is 44.3 Å². The van der Waals surface area contributed by atoms with Crippen LogP contribution in [0.25, 0.3) is 0 Å². The van der Waals surface area contributed by atoms with Gasteiger partial charge in [0.05, 0.1) is 6.10 Å². The van der Waals surface area contributed by atoms with E-state index in [1.807, 2.05) is 6.92 Å². The van der Waals surface area contributed by atoms with E-state index >= 15 is 0 Å². The quantitative estimate of drug-likeness (QED) is 0.511. The van der Waals surface area contributed by atoms with Crippen molar-refractivity contribution >= 4 is 0 Å². The van der Waals surface area contributed by atoms with Crippen molar-refractivity contribution in [2.24, 2.45) is 5.92 Å². The first kappa shape index (κ1) is 8.97. The van der Waals surface area contributed by atoms with Crippen LogP contribution in [-0.4, -0.2) is 36.9 Å². The molecule has 0 aromatic carbocycles. The largest absolute Gasteiger partial charge is 0.393 e. The van der Waals surface area contributed by atoms with Crippen molar-refractivity contribution in [3.8, 4) is 0 Å². The van der Waals surface area contributed by atoms with Crippen LogP contribution in [0.4, 0.5) is 0 Å². The molecule has 11 heavy (non-hydrogen) atoms. The molecule has 3 heteroatoms. The summed E-state index contributed by atoms with van der Waals surface area (Å²) in [7, 11) is 0. The van der Waals surface area contributed by atoms with Crippen LogP contribution in [-0.2, 0) is 0 Å². The fraction of sp³-hybridized carbons (Fsp3) is 1.00. The second kappa shape index (κ2) is 4.04. The van der Waals surface area contributed by atoms with Gasteiger partial charge in [0.1, 0.15) is 0 Å². The zero-order chi connectivity index (χ0) is 8.27. The molecule has 1 fully saturated rings. The highest BCUT2D eigenvalue weighted by Gasteiger charge is 2.22. The van der Waals surface area contributed by atoms with Crippen LogP contribution in [0.3, 0.4) is 0 Å². The van der Waals surface area contributed by atoms with E-state index in [2.05, 4.69) is 17.6 Å². The van der Waals surface area contributed by atoms with Crippen molar-refractivity contribution in [1.82, 2.24) is 10.6 Å². The average molecular weight is 158 g/mol. The van der Waals surface area contributed by atoms with Crippen LogP contribution >= 0.6 is 0 Å². The number of hydrogen-bond donors (Lipinski definition) is 3. The van der Waals surface area contributed by atoms with Gasteiger partial charge in [-0.05, 0) is 12.8 Å². The Balaban J connectivity index is 2.32. The van der Waals surface area contributed by atoms with Gasteiger partial charge in [-0.3, -0.25) is 0 Å². The highest BCUT2D eigenvalue weighted by Crippen LogP contribution is 2.08. The highest BCUT2D eigenvalue weighted by molar-refractivity contribution is 4.82. The molecule has 0 bridgehead atoms.